The SMILES string of the molecule is CCc1sc(NC(=O)C(C(C)CC)N2C(=O)c3ccccc3C2=O)nc1-c1ccc(Br)cc1. The maximum absolute atomic E-state index is 13.4. The lowest BCUT2D eigenvalue weighted by Crippen LogP contribution is -2.50. The average Bonchev–Trinajstić information content (AvgIpc) is 3.34. The smallest absolute Gasteiger partial charge is 0.262 e. The molecule has 2 aromatic carbocycles. The number of carbonyl (C=O) groups is 3. The van der Waals surface area contributed by atoms with Crippen molar-refractivity contribution in [3.05, 3.63) is 69.0 Å². The van der Waals surface area contributed by atoms with Gasteiger partial charge in [0.05, 0.1) is 16.8 Å². The van der Waals surface area contributed by atoms with Crippen molar-refractivity contribution < 1.29 is 14.4 Å². The first kappa shape index (κ1) is 23.3. The van der Waals surface area contributed by atoms with Crippen LogP contribution in [0.4, 0.5) is 5.13 Å². The van der Waals surface area contributed by atoms with Crippen LogP contribution in [0.1, 0.15) is 52.8 Å². The number of imide groups is 1. The van der Waals surface area contributed by atoms with Crippen LogP contribution in [0.25, 0.3) is 11.3 Å². The minimum Gasteiger partial charge on any atom is -0.300 e. The topological polar surface area (TPSA) is 79.4 Å². The lowest BCUT2D eigenvalue weighted by atomic mass is 9.96. The van der Waals surface area contributed by atoms with Gasteiger partial charge in [0, 0.05) is 14.9 Å². The fraction of sp³-hybridized carbons (Fsp3) is 0.280. The number of carbonyl (C=O) groups excluding carboxylic acids is 3. The van der Waals surface area contributed by atoms with E-state index in [0.29, 0.717) is 22.7 Å². The van der Waals surface area contributed by atoms with E-state index in [4.69, 9.17) is 0 Å². The van der Waals surface area contributed by atoms with E-state index >= 15 is 0 Å². The van der Waals surface area contributed by atoms with Crippen LogP contribution in [0, 0.1) is 5.92 Å². The third-order valence-corrected chi connectivity index (χ3v) is 7.57. The van der Waals surface area contributed by atoms with Gasteiger partial charge in [-0.15, -0.1) is 11.3 Å². The molecule has 1 aliphatic rings. The first-order valence-electron chi connectivity index (χ1n) is 10.9. The molecule has 3 aromatic rings. The van der Waals surface area contributed by atoms with Gasteiger partial charge in [0.1, 0.15) is 6.04 Å². The van der Waals surface area contributed by atoms with E-state index in [9.17, 15) is 14.4 Å². The highest BCUT2D eigenvalue weighted by Crippen LogP contribution is 2.34. The predicted molar refractivity (Wildman–Crippen MR) is 133 cm³/mol. The lowest BCUT2D eigenvalue weighted by molar-refractivity contribution is -0.121. The molecule has 2 heterocycles. The fourth-order valence-electron chi connectivity index (χ4n) is 3.97. The fourth-order valence-corrected chi connectivity index (χ4v) is 5.16. The molecule has 2 unspecified atom stereocenters. The van der Waals surface area contributed by atoms with Crippen LogP contribution < -0.4 is 5.32 Å². The van der Waals surface area contributed by atoms with Crippen LogP contribution >= 0.6 is 27.3 Å². The van der Waals surface area contributed by atoms with Crippen LogP contribution in [0.2, 0.25) is 0 Å². The summed E-state index contributed by atoms with van der Waals surface area (Å²) >= 11 is 4.86. The Hall–Kier alpha value is -2.84. The van der Waals surface area contributed by atoms with Crippen molar-refractivity contribution in [2.24, 2.45) is 5.92 Å². The number of rotatable bonds is 7. The van der Waals surface area contributed by atoms with E-state index in [-0.39, 0.29) is 5.92 Å². The Labute approximate surface area is 205 Å². The minimum atomic E-state index is -0.924. The number of amides is 3. The molecule has 170 valence electrons. The van der Waals surface area contributed by atoms with Gasteiger partial charge in [-0.05, 0) is 36.6 Å². The normalized spacial score (nSPS) is 14.8. The average molecular weight is 526 g/mol. The summed E-state index contributed by atoms with van der Waals surface area (Å²) in [5, 5.41) is 3.35. The van der Waals surface area contributed by atoms with Crippen molar-refractivity contribution in [1.82, 2.24) is 9.88 Å². The van der Waals surface area contributed by atoms with Gasteiger partial charge in [0.15, 0.2) is 5.13 Å². The van der Waals surface area contributed by atoms with Gasteiger partial charge in [-0.2, -0.15) is 0 Å². The Morgan fingerprint density at radius 3 is 2.21 bits per heavy atom. The zero-order chi connectivity index (χ0) is 23.7. The van der Waals surface area contributed by atoms with Crippen molar-refractivity contribution in [2.45, 2.75) is 39.7 Å². The lowest BCUT2D eigenvalue weighted by Gasteiger charge is -2.29. The maximum Gasteiger partial charge on any atom is 0.262 e. The molecule has 4 rings (SSSR count). The van der Waals surface area contributed by atoms with E-state index in [1.807, 2.05) is 45.0 Å². The summed E-state index contributed by atoms with van der Waals surface area (Å²) in [6, 6.07) is 13.6. The first-order chi connectivity index (χ1) is 15.8. The highest BCUT2D eigenvalue weighted by molar-refractivity contribution is 9.10. The van der Waals surface area contributed by atoms with Gasteiger partial charge >= 0.3 is 0 Å². The van der Waals surface area contributed by atoms with Crippen LogP contribution in [-0.2, 0) is 11.2 Å². The highest BCUT2D eigenvalue weighted by atomic mass is 79.9. The molecule has 0 fully saturated rings. The van der Waals surface area contributed by atoms with Crippen molar-refractivity contribution in [2.75, 3.05) is 5.32 Å². The molecular weight excluding hydrogens is 502 g/mol. The second-order valence-corrected chi connectivity index (χ2v) is 10.00. The monoisotopic (exact) mass is 525 g/mol. The van der Waals surface area contributed by atoms with Gasteiger partial charge in [-0.1, -0.05) is 67.4 Å². The molecule has 3 amide bonds. The Kier molecular flexibility index (Phi) is 6.76. The first-order valence-corrected chi connectivity index (χ1v) is 12.5. The van der Waals surface area contributed by atoms with Gasteiger partial charge in [0.2, 0.25) is 5.91 Å². The number of aryl methyl sites for hydroxylation is 1. The Balaban J connectivity index is 1.64. The van der Waals surface area contributed by atoms with Crippen molar-refractivity contribution in [1.29, 1.82) is 0 Å². The summed E-state index contributed by atoms with van der Waals surface area (Å²) in [6.07, 6.45) is 1.40. The second kappa shape index (κ2) is 9.57. The molecule has 0 aliphatic carbocycles. The van der Waals surface area contributed by atoms with Gasteiger partial charge in [-0.25, -0.2) is 4.98 Å². The van der Waals surface area contributed by atoms with Gasteiger partial charge in [-0.3, -0.25) is 19.3 Å². The number of anilines is 1. The summed E-state index contributed by atoms with van der Waals surface area (Å²) in [5.74, 6) is -1.48. The molecule has 6 nitrogen and oxygen atoms in total. The summed E-state index contributed by atoms with van der Waals surface area (Å²) in [4.78, 5) is 46.4. The molecule has 2 atom stereocenters. The number of fused-ring (bicyclic) bond motifs is 1. The third kappa shape index (κ3) is 4.37. The number of nitrogens with zero attached hydrogens (tertiary/aromatic N) is 2. The summed E-state index contributed by atoms with van der Waals surface area (Å²) in [7, 11) is 0. The predicted octanol–water partition coefficient (Wildman–Crippen LogP) is 5.78. The third-order valence-electron chi connectivity index (χ3n) is 5.92. The summed E-state index contributed by atoms with van der Waals surface area (Å²) in [6.45, 7) is 5.86. The van der Waals surface area contributed by atoms with E-state index < -0.39 is 23.8 Å². The molecule has 0 spiro atoms. The number of aromatic nitrogens is 1. The second-order valence-electron chi connectivity index (χ2n) is 8.00. The van der Waals surface area contributed by atoms with E-state index in [1.165, 1.54) is 11.3 Å². The van der Waals surface area contributed by atoms with E-state index in [1.54, 1.807) is 24.3 Å². The van der Waals surface area contributed by atoms with Crippen molar-refractivity contribution >= 4 is 50.1 Å². The molecule has 0 saturated heterocycles. The number of hydrogen-bond acceptors (Lipinski definition) is 5. The number of halogens is 1. The maximum atomic E-state index is 13.4. The molecule has 1 aliphatic heterocycles. The molecular formula is C25H24BrN3O3S. The summed E-state index contributed by atoms with van der Waals surface area (Å²) < 4.78 is 0.977. The van der Waals surface area contributed by atoms with Gasteiger partial charge < -0.3 is 5.32 Å². The number of hydrogen-bond donors (Lipinski definition) is 1. The van der Waals surface area contributed by atoms with Crippen LogP contribution in [0.5, 0.6) is 0 Å². The minimum absolute atomic E-state index is 0.219. The molecule has 1 N–H and O–H groups in total. The number of thiazole rings is 1. The molecule has 0 bridgehead atoms. The Morgan fingerprint density at radius 2 is 1.67 bits per heavy atom. The van der Waals surface area contributed by atoms with Crippen molar-refractivity contribution in [3.63, 3.8) is 0 Å². The van der Waals surface area contributed by atoms with E-state index in [0.717, 1.165) is 31.9 Å². The van der Waals surface area contributed by atoms with Gasteiger partial charge in [0.25, 0.3) is 11.8 Å². The molecule has 8 heteroatoms. The van der Waals surface area contributed by atoms with Crippen LogP contribution in [0.3, 0.4) is 0 Å². The van der Waals surface area contributed by atoms with Crippen LogP contribution in [-0.4, -0.2) is 33.6 Å². The molecule has 33 heavy (non-hydrogen) atoms. The summed E-state index contributed by atoms with van der Waals surface area (Å²) in [5.41, 5.74) is 2.46. The number of benzene rings is 2. The highest BCUT2D eigenvalue weighted by Gasteiger charge is 2.44. The standard InChI is InChI=1S/C25H24BrN3O3S/c1-4-14(3)21(29-23(31)17-8-6-7-9-18(17)24(29)32)22(30)28-25-27-20(19(5-2)33-25)15-10-12-16(26)13-11-15/h6-14,21H,4-5H2,1-3H3,(H,27,28,30). The Morgan fingerprint density at radius 1 is 1.06 bits per heavy atom. The molecule has 0 radical (unpaired) electrons. The number of nitrogens with one attached hydrogen (secondary N) is 1. The zero-order valence-electron chi connectivity index (χ0n) is 18.6. The zero-order valence-corrected chi connectivity index (χ0v) is 21.0. The quantitative estimate of drug-likeness (QED) is 0.396. The van der Waals surface area contributed by atoms with E-state index in [2.05, 4.69) is 26.2 Å². The largest absolute Gasteiger partial charge is 0.300 e. The Bertz CT molecular complexity index is 1190. The molecule has 0 saturated carbocycles. The van der Waals surface area contributed by atoms with Crippen molar-refractivity contribution in [3.8, 4) is 11.3 Å². The van der Waals surface area contributed by atoms with Crippen LogP contribution in [0.15, 0.2) is 53.0 Å². The molecule has 1 aromatic heterocycles.